The summed E-state index contributed by atoms with van der Waals surface area (Å²) in [6.07, 6.45) is 0.233. The van der Waals surface area contributed by atoms with E-state index in [1.54, 1.807) is 13.8 Å². The van der Waals surface area contributed by atoms with Gasteiger partial charge in [0.25, 0.3) is 5.56 Å². The maximum atomic E-state index is 16.4. The third-order valence-electron chi connectivity index (χ3n) is 8.39. The molecule has 1 aromatic heterocycles. The number of benzene rings is 2. The highest BCUT2D eigenvalue weighted by molar-refractivity contribution is 5.82. The Morgan fingerprint density at radius 3 is 2.18 bits per heavy atom. The quantitative estimate of drug-likeness (QED) is 0.200. The topological polar surface area (TPSA) is 91.6 Å². The Kier molecular flexibility index (Phi) is 11.2. The molecule has 2 heterocycles. The van der Waals surface area contributed by atoms with Crippen molar-refractivity contribution in [3.05, 3.63) is 91.6 Å². The number of nitrogens with zero attached hydrogens (tertiary/aromatic N) is 2. The van der Waals surface area contributed by atoms with E-state index in [0.29, 0.717) is 19.2 Å². The number of carboxylic acids is 1. The summed E-state index contributed by atoms with van der Waals surface area (Å²) in [5.41, 5.74) is -3.98. The van der Waals surface area contributed by atoms with Crippen molar-refractivity contribution < 1.29 is 41.0 Å². The van der Waals surface area contributed by atoms with Gasteiger partial charge in [0.05, 0.1) is 29.2 Å². The predicted octanol–water partition coefficient (Wildman–Crippen LogP) is 6.38. The van der Waals surface area contributed by atoms with Gasteiger partial charge in [0, 0.05) is 42.4 Å². The van der Waals surface area contributed by atoms with E-state index in [2.05, 4.69) is 23.1 Å². The Bertz CT molecular complexity index is 1970. The number of hydrogen-bond donors (Lipinski definition) is 2. The van der Waals surface area contributed by atoms with Gasteiger partial charge in [0.15, 0.2) is 0 Å². The number of nitrogens with one attached hydrogen (secondary N) is 1. The molecule has 4 rings (SSSR count). The third-order valence-corrected chi connectivity index (χ3v) is 8.39. The summed E-state index contributed by atoms with van der Waals surface area (Å²) in [7, 11) is 1.82. The Labute approximate surface area is 285 Å². The number of pyridine rings is 1. The van der Waals surface area contributed by atoms with Crippen LogP contribution in [0.5, 0.6) is 0 Å². The molecule has 3 aromatic rings. The van der Waals surface area contributed by atoms with Crippen LogP contribution in [0.3, 0.4) is 0 Å². The van der Waals surface area contributed by atoms with Crippen molar-refractivity contribution in [3.8, 4) is 35.3 Å². The summed E-state index contributed by atoms with van der Waals surface area (Å²) in [6, 6.07) is 0.162. The number of carbonyl (C=O) groups is 2. The van der Waals surface area contributed by atoms with Crippen LogP contribution in [-0.2, 0) is 15.8 Å². The number of aryl methyl sites for hydroxylation is 2. The summed E-state index contributed by atoms with van der Waals surface area (Å²) in [5.74, 6) is 0.955. The number of aliphatic carboxylic acids is 1. The van der Waals surface area contributed by atoms with Crippen LogP contribution in [0, 0.1) is 67.3 Å². The fourth-order valence-corrected chi connectivity index (χ4v) is 6.14. The summed E-state index contributed by atoms with van der Waals surface area (Å²) >= 11 is 0. The molecule has 0 aliphatic carbocycles. The van der Waals surface area contributed by atoms with E-state index >= 15 is 8.78 Å². The monoisotopic (exact) mass is 699 g/mol. The van der Waals surface area contributed by atoms with Crippen molar-refractivity contribution in [3.63, 3.8) is 0 Å². The van der Waals surface area contributed by atoms with E-state index in [4.69, 9.17) is 6.42 Å². The van der Waals surface area contributed by atoms with Crippen molar-refractivity contribution in [1.82, 2.24) is 14.8 Å². The van der Waals surface area contributed by atoms with Crippen molar-refractivity contribution in [2.75, 3.05) is 20.1 Å². The number of alkyl halides is 3. The Balaban J connectivity index is 1.86. The van der Waals surface area contributed by atoms with Gasteiger partial charge in [0.1, 0.15) is 23.5 Å². The number of amides is 1. The standard InChI is InChI=1S/C37H35F6N3O4/c1-7-23-13-26(32-20(4)11-25(38)12-21(32)5)35(40)33(34(23)39)28(15-31(48)49)44-36(50)29(10-19(2)3)46-18-24(9-8-22-16-45(6)17-22)27(14-30(46)47)37(41,42)43/h1,11-14,18-19,22,28-29H,10,15-17H2,2-6H3,(H,44,50)(H,48,49)/t28-,29+/m1/s1. The molecule has 0 saturated carbocycles. The predicted molar refractivity (Wildman–Crippen MR) is 174 cm³/mol. The largest absolute Gasteiger partial charge is 0.481 e. The Hall–Kier alpha value is -5.01. The van der Waals surface area contributed by atoms with Crippen molar-refractivity contribution in [2.45, 2.75) is 58.8 Å². The summed E-state index contributed by atoms with van der Waals surface area (Å²) in [4.78, 5) is 41.1. The van der Waals surface area contributed by atoms with E-state index in [9.17, 15) is 37.1 Å². The molecule has 1 aliphatic heterocycles. The molecular weight excluding hydrogens is 664 g/mol. The molecule has 0 unspecified atom stereocenters. The molecule has 13 heteroatoms. The summed E-state index contributed by atoms with van der Waals surface area (Å²) in [6.45, 7) is 7.39. The van der Waals surface area contributed by atoms with Crippen molar-refractivity contribution >= 4 is 11.9 Å². The fraction of sp³-hybridized carbons (Fsp3) is 0.378. The molecule has 1 amide bonds. The smallest absolute Gasteiger partial charge is 0.417 e. The number of terminal acetylenes is 1. The molecular formula is C37H35F6N3O4. The highest BCUT2D eigenvalue weighted by Gasteiger charge is 2.37. The average molecular weight is 700 g/mol. The Morgan fingerprint density at radius 2 is 1.66 bits per heavy atom. The molecule has 2 atom stereocenters. The third kappa shape index (κ3) is 8.23. The SMILES string of the molecule is C#Cc1cc(-c2c(C)cc(F)cc2C)c(F)c([C@@H](CC(=O)O)NC(=O)[C@H](CC(C)C)n2cc(C#CC3CN(C)C3)c(C(F)(F)F)cc2=O)c1F. The number of aromatic nitrogens is 1. The van der Waals surface area contributed by atoms with Gasteiger partial charge in [0.2, 0.25) is 5.91 Å². The van der Waals surface area contributed by atoms with E-state index < -0.39 is 81.8 Å². The van der Waals surface area contributed by atoms with E-state index in [1.165, 1.54) is 13.8 Å². The second kappa shape index (κ2) is 14.9. The molecule has 1 saturated heterocycles. The van der Waals surface area contributed by atoms with E-state index in [0.717, 1.165) is 29.0 Å². The minimum absolute atomic E-state index is 0.133. The Morgan fingerprint density at radius 1 is 1.04 bits per heavy atom. The lowest BCUT2D eigenvalue weighted by Gasteiger charge is -2.32. The highest BCUT2D eigenvalue weighted by Crippen LogP contribution is 2.37. The first kappa shape index (κ1) is 37.8. The molecule has 50 heavy (non-hydrogen) atoms. The molecule has 2 aromatic carbocycles. The maximum Gasteiger partial charge on any atom is 0.417 e. The van der Waals surface area contributed by atoms with Gasteiger partial charge in [-0.1, -0.05) is 31.6 Å². The molecule has 0 spiro atoms. The molecule has 0 radical (unpaired) electrons. The van der Waals surface area contributed by atoms with Crippen LogP contribution in [0.25, 0.3) is 11.1 Å². The zero-order chi connectivity index (χ0) is 37.2. The van der Waals surface area contributed by atoms with Gasteiger partial charge in [-0.2, -0.15) is 13.2 Å². The number of rotatable bonds is 9. The molecule has 2 N–H and O–H groups in total. The summed E-state index contributed by atoms with van der Waals surface area (Å²) < 4.78 is 89.2. The first-order chi connectivity index (χ1) is 23.3. The number of carbonyl (C=O) groups excluding carboxylic acids is 1. The molecule has 1 fully saturated rings. The maximum absolute atomic E-state index is 16.4. The second-order valence-electron chi connectivity index (χ2n) is 12.9. The van der Waals surface area contributed by atoms with Crippen LogP contribution in [0.2, 0.25) is 0 Å². The number of carboxylic acid groups (broad SMARTS) is 1. The molecule has 0 bridgehead atoms. The lowest BCUT2D eigenvalue weighted by molar-refractivity contribution is -0.138. The average Bonchev–Trinajstić information content (AvgIpc) is 2.97. The van der Waals surface area contributed by atoms with Crippen molar-refractivity contribution in [1.29, 1.82) is 0 Å². The van der Waals surface area contributed by atoms with Crippen LogP contribution >= 0.6 is 0 Å². The van der Waals surface area contributed by atoms with Crippen LogP contribution in [-0.4, -0.2) is 46.6 Å². The normalized spacial score (nSPS) is 14.7. The first-order valence-electron chi connectivity index (χ1n) is 15.6. The highest BCUT2D eigenvalue weighted by atomic mass is 19.4. The lowest BCUT2D eigenvalue weighted by Crippen LogP contribution is -2.42. The number of likely N-dealkylation sites (tertiary alicyclic amines) is 1. The number of halogens is 6. The first-order valence-corrected chi connectivity index (χ1v) is 15.6. The van der Waals surface area contributed by atoms with Gasteiger partial charge >= 0.3 is 12.1 Å². The van der Waals surface area contributed by atoms with Gasteiger partial charge in [-0.25, -0.2) is 13.2 Å². The van der Waals surface area contributed by atoms with Gasteiger partial charge in [-0.3, -0.25) is 14.4 Å². The van der Waals surface area contributed by atoms with E-state index in [1.807, 2.05) is 11.9 Å². The van der Waals surface area contributed by atoms with Crippen LogP contribution in [0.1, 0.15) is 72.2 Å². The molecule has 264 valence electrons. The number of hydrogen-bond acceptors (Lipinski definition) is 4. The minimum Gasteiger partial charge on any atom is -0.481 e. The van der Waals surface area contributed by atoms with Gasteiger partial charge < -0.3 is 19.9 Å². The van der Waals surface area contributed by atoms with Crippen LogP contribution in [0.15, 0.2) is 35.3 Å². The fourth-order valence-electron chi connectivity index (χ4n) is 6.14. The molecule has 7 nitrogen and oxygen atoms in total. The van der Waals surface area contributed by atoms with E-state index in [-0.39, 0.29) is 40.5 Å². The van der Waals surface area contributed by atoms with Gasteiger partial charge in [-0.05, 0) is 68.1 Å². The van der Waals surface area contributed by atoms with Crippen molar-refractivity contribution in [2.24, 2.45) is 11.8 Å². The van der Waals surface area contributed by atoms with Crippen LogP contribution in [0.4, 0.5) is 26.3 Å². The van der Waals surface area contributed by atoms with Crippen LogP contribution < -0.4 is 10.9 Å². The zero-order valence-corrected chi connectivity index (χ0v) is 27.9. The zero-order valence-electron chi connectivity index (χ0n) is 27.9. The summed E-state index contributed by atoms with van der Waals surface area (Å²) in [5, 5.41) is 12.1. The lowest BCUT2D eigenvalue weighted by atomic mass is 9.89. The second-order valence-corrected chi connectivity index (χ2v) is 12.9. The molecule has 1 aliphatic rings. The van der Waals surface area contributed by atoms with Gasteiger partial charge in [-0.15, -0.1) is 6.42 Å². The minimum atomic E-state index is -4.95.